The molecule has 7 heteroatoms. The molecule has 0 amide bonds. The SMILES string of the molecule is c1cc(NCCN2CCOCC2)nc(Nc2ccc(N3CCCCC3)cc2)n1. The van der Waals surface area contributed by atoms with Crippen LogP contribution in [0.1, 0.15) is 19.3 Å². The van der Waals surface area contributed by atoms with E-state index >= 15 is 0 Å². The molecular weight excluding hydrogens is 352 g/mol. The molecule has 2 aliphatic heterocycles. The minimum Gasteiger partial charge on any atom is -0.379 e. The Morgan fingerprint density at radius 3 is 2.50 bits per heavy atom. The maximum absolute atomic E-state index is 5.38. The molecule has 1 aromatic heterocycles. The van der Waals surface area contributed by atoms with E-state index in [1.54, 1.807) is 6.20 Å². The molecular formula is C21H30N6O. The molecule has 7 nitrogen and oxygen atoms in total. The molecule has 2 aromatic rings. The fraction of sp³-hybridized carbons (Fsp3) is 0.524. The van der Waals surface area contributed by atoms with Crippen LogP contribution < -0.4 is 15.5 Å². The van der Waals surface area contributed by atoms with Gasteiger partial charge in [-0.05, 0) is 49.6 Å². The van der Waals surface area contributed by atoms with E-state index in [9.17, 15) is 0 Å². The van der Waals surface area contributed by atoms with E-state index in [1.807, 2.05) is 6.07 Å². The Morgan fingerprint density at radius 2 is 1.71 bits per heavy atom. The molecule has 150 valence electrons. The van der Waals surface area contributed by atoms with Crippen molar-refractivity contribution < 1.29 is 4.74 Å². The predicted molar refractivity (Wildman–Crippen MR) is 114 cm³/mol. The molecule has 2 N–H and O–H groups in total. The Hall–Kier alpha value is -2.38. The number of aromatic nitrogens is 2. The lowest BCUT2D eigenvalue weighted by atomic mass is 10.1. The Balaban J connectivity index is 1.29. The predicted octanol–water partition coefficient (Wildman–Crippen LogP) is 2.95. The largest absolute Gasteiger partial charge is 0.379 e. The summed E-state index contributed by atoms with van der Waals surface area (Å²) in [7, 11) is 0. The number of morpholine rings is 1. The number of rotatable bonds is 7. The summed E-state index contributed by atoms with van der Waals surface area (Å²) in [6.45, 7) is 7.85. The zero-order chi connectivity index (χ0) is 19.0. The lowest BCUT2D eigenvalue weighted by Crippen LogP contribution is -2.39. The summed E-state index contributed by atoms with van der Waals surface area (Å²) in [4.78, 5) is 13.8. The highest BCUT2D eigenvalue weighted by Crippen LogP contribution is 2.23. The van der Waals surface area contributed by atoms with Gasteiger partial charge in [0.2, 0.25) is 5.95 Å². The third kappa shape index (κ3) is 5.33. The van der Waals surface area contributed by atoms with Crippen LogP contribution in [0.2, 0.25) is 0 Å². The van der Waals surface area contributed by atoms with Crippen molar-refractivity contribution in [3.05, 3.63) is 36.5 Å². The van der Waals surface area contributed by atoms with Gasteiger partial charge in [-0.1, -0.05) is 0 Å². The van der Waals surface area contributed by atoms with Gasteiger partial charge in [0, 0.05) is 56.8 Å². The van der Waals surface area contributed by atoms with Crippen LogP contribution in [-0.4, -0.2) is 67.4 Å². The van der Waals surface area contributed by atoms with Crippen LogP contribution in [0.5, 0.6) is 0 Å². The zero-order valence-corrected chi connectivity index (χ0v) is 16.4. The minimum atomic E-state index is 0.613. The average Bonchev–Trinajstić information content (AvgIpc) is 2.76. The van der Waals surface area contributed by atoms with Gasteiger partial charge in [-0.15, -0.1) is 0 Å². The smallest absolute Gasteiger partial charge is 0.229 e. The van der Waals surface area contributed by atoms with Crippen LogP contribution in [0.15, 0.2) is 36.5 Å². The molecule has 2 saturated heterocycles. The van der Waals surface area contributed by atoms with Crippen molar-refractivity contribution in [1.82, 2.24) is 14.9 Å². The summed E-state index contributed by atoms with van der Waals surface area (Å²) < 4.78 is 5.38. The highest BCUT2D eigenvalue weighted by molar-refractivity contribution is 5.60. The van der Waals surface area contributed by atoms with Gasteiger partial charge in [0.25, 0.3) is 0 Å². The summed E-state index contributed by atoms with van der Waals surface area (Å²) in [5.41, 5.74) is 2.30. The number of nitrogens with zero attached hydrogens (tertiary/aromatic N) is 4. The standard InChI is InChI=1S/C21H30N6O/c1-2-11-27(12-3-1)19-6-4-18(5-7-19)24-21-23-9-8-20(25-21)22-10-13-26-14-16-28-17-15-26/h4-9H,1-3,10-17H2,(H2,22,23,24,25). The van der Waals surface area contributed by atoms with Crippen molar-refractivity contribution in [3.8, 4) is 0 Å². The summed E-state index contributed by atoms with van der Waals surface area (Å²) >= 11 is 0. The fourth-order valence-electron chi connectivity index (χ4n) is 3.72. The number of anilines is 4. The van der Waals surface area contributed by atoms with Gasteiger partial charge in [-0.25, -0.2) is 4.98 Å². The Labute approximate surface area is 167 Å². The second-order valence-corrected chi connectivity index (χ2v) is 7.37. The molecule has 0 saturated carbocycles. The molecule has 3 heterocycles. The van der Waals surface area contributed by atoms with E-state index in [2.05, 4.69) is 54.7 Å². The van der Waals surface area contributed by atoms with Crippen molar-refractivity contribution in [2.24, 2.45) is 0 Å². The third-order valence-corrected chi connectivity index (χ3v) is 5.34. The molecule has 0 aliphatic carbocycles. The summed E-state index contributed by atoms with van der Waals surface area (Å²) in [6, 6.07) is 10.5. The van der Waals surface area contributed by atoms with Crippen LogP contribution in [0, 0.1) is 0 Å². The first kappa shape index (κ1) is 19.0. The Bertz CT molecular complexity index is 726. The minimum absolute atomic E-state index is 0.613. The van der Waals surface area contributed by atoms with Crippen molar-refractivity contribution >= 4 is 23.1 Å². The van der Waals surface area contributed by atoms with Crippen LogP contribution in [0.25, 0.3) is 0 Å². The molecule has 0 atom stereocenters. The van der Waals surface area contributed by atoms with E-state index in [4.69, 9.17) is 4.74 Å². The highest BCUT2D eigenvalue weighted by atomic mass is 16.5. The number of benzene rings is 1. The van der Waals surface area contributed by atoms with E-state index < -0.39 is 0 Å². The lowest BCUT2D eigenvalue weighted by Gasteiger charge is -2.28. The first-order chi connectivity index (χ1) is 13.9. The first-order valence-corrected chi connectivity index (χ1v) is 10.4. The van der Waals surface area contributed by atoms with Crippen LogP contribution in [-0.2, 0) is 4.74 Å². The third-order valence-electron chi connectivity index (χ3n) is 5.34. The van der Waals surface area contributed by atoms with Gasteiger partial charge in [-0.2, -0.15) is 4.98 Å². The summed E-state index contributed by atoms with van der Waals surface area (Å²) in [5, 5.41) is 6.70. The summed E-state index contributed by atoms with van der Waals surface area (Å²) in [5.74, 6) is 1.46. The van der Waals surface area contributed by atoms with Crippen molar-refractivity contribution in [1.29, 1.82) is 0 Å². The van der Waals surface area contributed by atoms with E-state index in [0.717, 1.165) is 64.0 Å². The molecule has 28 heavy (non-hydrogen) atoms. The van der Waals surface area contributed by atoms with Crippen molar-refractivity contribution in [2.45, 2.75) is 19.3 Å². The van der Waals surface area contributed by atoms with E-state index in [1.165, 1.54) is 24.9 Å². The topological polar surface area (TPSA) is 65.6 Å². The molecule has 0 radical (unpaired) electrons. The maximum Gasteiger partial charge on any atom is 0.229 e. The van der Waals surface area contributed by atoms with Gasteiger partial charge >= 0.3 is 0 Å². The van der Waals surface area contributed by atoms with Gasteiger partial charge in [-0.3, -0.25) is 4.90 Å². The maximum atomic E-state index is 5.38. The Morgan fingerprint density at radius 1 is 0.929 bits per heavy atom. The lowest BCUT2D eigenvalue weighted by molar-refractivity contribution is 0.0398. The molecule has 2 fully saturated rings. The van der Waals surface area contributed by atoms with Gasteiger partial charge in [0.15, 0.2) is 0 Å². The van der Waals surface area contributed by atoms with Crippen molar-refractivity contribution in [3.63, 3.8) is 0 Å². The van der Waals surface area contributed by atoms with Crippen LogP contribution in [0.4, 0.5) is 23.1 Å². The molecule has 4 rings (SSSR count). The normalized spacial score (nSPS) is 18.1. The summed E-state index contributed by atoms with van der Waals surface area (Å²) in [6.07, 6.45) is 5.72. The molecule has 2 aliphatic rings. The van der Waals surface area contributed by atoms with Crippen molar-refractivity contribution in [2.75, 3.05) is 68.0 Å². The number of hydrogen-bond donors (Lipinski definition) is 2. The van der Waals surface area contributed by atoms with E-state index in [0.29, 0.717) is 5.95 Å². The van der Waals surface area contributed by atoms with Gasteiger partial charge in [0.05, 0.1) is 13.2 Å². The Kier molecular flexibility index (Phi) is 6.57. The van der Waals surface area contributed by atoms with Crippen LogP contribution in [0.3, 0.4) is 0 Å². The quantitative estimate of drug-likeness (QED) is 0.763. The molecule has 0 spiro atoms. The fourth-order valence-corrected chi connectivity index (χ4v) is 3.72. The number of piperidine rings is 1. The van der Waals surface area contributed by atoms with Crippen LogP contribution >= 0.6 is 0 Å². The first-order valence-electron chi connectivity index (χ1n) is 10.4. The van der Waals surface area contributed by atoms with Gasteiger partial charge < -0.3 is 20.3 Å². The molecule has 0 bridgehead atoms. The average molecular weight is 383 g/mol. The zero-order valence-electron chi connectivity index (χ0n) is 16.4. The van der Waals surface area contributed by atoms with E-state index in [-0.39, 0.29) is 0 Å². The number of ether oxygens (including phenoxy) is 1. The molecule has 1 aromatic carbocycles. The molecule has 0 unspecified atom stereocenters. The monoisotopic (exact) mass is 382 g/mol. The highest BCUT2D eigenvalue weighted by Gasteiger charge is 2.11. The number of hydrogen-bond acceptors (Lipinski definition) is 7. The van der Waals surface area contributed by atoms with Gasteiger partial charge in [0.1, 0.15) is 5.82 Å². The second-order valence-electron chi connectivity index (χ2n) is 7.37. The second kappa shape index (κ2) is 9.71. The number of nitrogens with one attached hydrogen (secondary N) is 2.